The van der Waals surface area contributed by atoms with Crippen LogP contribution in [0, 0.1) is 13.8 Å². The zero-order chi connectivity index (χ0) is 35.1. The quantitative estimate of drug-likeness (QED) is 0.145. The average molecular weight is 699 g/mol. The summed E-state index contributed by atoms with van der Waals surface area (Å²) in [6.45, 7) is 4.48. The van der Waals surface area contributed by atoms with Gasteiger partial charge in [0.25, 0.3) is 11.1 Å². The topological polar surface area (TPSA) is 88.2 Å². The van der Waals surface area contributed by atoms with Crippen LogP contribution >= 0.6 is 11.6 Å². The third-order valence-corrected chi connectivity index (χ3v) is 8.00. The van der Waals surface area contributed by atoms with E-state index in [9.17, 15) is 35.9 Å². The largest absolute Gasteiger partial charge is 0.421 e. The summed E-state index contributed by atoms with van der Waals surface area (Å²) in [5, 5.41) is 0. The molecule has 0 aromatic carbocycles. The van der Waals surface area contributed by atoms with Gasteiger partial charge >= 0.3 is 12.4 Å². The molecule has 1 aliphatic rings. The van der Waals surface area contributed by atoms with Crippen molar-refractivity contribution in [2.45, 2.75) is 77.3 Å². The molecule has 4 aromatic rings. The number of hydrogen-bond donors (Lipinski definition) is 0. The summed E-state index contributed by atoms with van der Waals surface area (Å²) in [5.41, 5.74) is -0.287. The number of pyridine rings is 4. The minimum atomic E-state index is -4.69. The summed E-state index contributed by atoms with van der Waals surface area (Å²) in [4.78, 5) is 32.5. The Morgan fingerprint density at radius 3 is 1.77 bits per heavy atom. The average Bonchev–Trinajstić information content (AvgIpc) is 3.02. The van der Waals surface area contributed by atoms with Crippen LogP contribution in [0.15, 0.2) is 70.8 Å². The summed E-state index contributed by atoms with van der Waals surface area (Å²) >= 11 is 5.84. The highest BCUT2D eigenvalue weighted by Gasteiger charge is 2.35. The molecule has 0 amide bonds. The number of aromatic nitrogens is 4. The second-order valence-corrected chi connectivity index (χ2v) is 11.3. The SMILES string of the molecule is Cc1ccnc(Cn2cccc(C(F)(F)F)c2=O)c1CCl.Cc1ccnc(Cn2cccc(C(F)(F)F)c2=O)c1COC1CCCCO1. The van der Waals surface area contributed by atoms with Gasteiger partial charge in [-0.25, -0.2) is 0 Å². The number of halogens is 7. The van der Waals surface area contributed by atoms with Gasteiger partial charge in [0.05, 0.1) is 31.1 Å². The molecule has 4 aromatic heterocycles. The molecule has 0 radical (unpaired) electrons. The molecule has 1 unspecified atom stereocenters. The Hall–Kier alpha value is -4.01. The first-order chi connectivity index (χ1) is 22.7. The zero-order valence-electron chi connectivity index (χ0n) is 26.1. The van der Waals surface area contributed by atoms with Crippen LogP contribution in [0.5, 0.6) is 0 Å². The van der Waals surface area contributed by atoms with Crippen molar-refractivity contribution < 1.29 is 35.8 Å². The van der Waals surface area contributed by atoms with E-state index in [4.69, 9.17) is 21.1 Å². The van der Waals surface area contributed by atoms with Gasteiger partial charge in [0.15, 0.2) is 6.29 Å². The second-order valence-electron chi connectivity index (χ2n) is 11.1. The van der Waals surface area contributed by atoms with E-state index in [0.717, 1.165) is 62.8 Å². The second kappa shape index (κ2) is 15.9. The van der Waals surface area contributed by atoms with E-state index in [1.807, 2.05) is 13.8 Å². The minimum absolute atomic E-state index is 0.0491. The molecule has 0 saturated carbocycles. The fraction of sp³-hybridized carbons (Fsp3) is 0.394. The van der Waals surface area contributed by atoms with Gasteiger partial charge in [-0.2, -0.15) is 26.3 Å². The number of rotatable bonds is 8. The van der Waals surface area contributed by atoms with E-state index in [0.29, 0.717) is 18.0 Å². The summed E-state index contributed by atoms with van der Waals surface area (Å²) in [6, 6.07) is 7.53. The first kappa shape index (κ1) is 36.8. The van der Waals surface area contributed by atoms with E-state index in [1.54, 1.807) is 24.5 Å². The van der Waals surface area contributed by atoms with Crippen molar-refractivity contribution in [1.82, 2.24) is 19.1 Å². The fourth-order valence-electron chi connectivity index (χ4n) is 5.04. The lowest BCUT2D eigenvalue weighted by Crippen LogP contribution is -2.29. The Balaban J connectivity index is 0.000000224. The van der Waals surface area contributed by atoms with Gasteiger partial charge < -0.3 is 18.6 Å². The van der Waals surface area contributed by atoms with Crippen molar-refractivity contribution in [2.75, 3.05) is 6.61 Å². The van der Waals surface area contributed by atoms with Crippen molar-refractivity contribution in [1.29, 1.82) is 0 Å². The molecule has 1 saturated heterocycles. The third kappa shape index (κ3) is 9.32. The van der Waals surface area contributed by atoms with E-state index in [2.05, 4.69) is 9.97 Å². The van der Waals surface area contributed by atoms with E-state index in [1.165, 1.54) is 24.5 Å². The molecule has 0 bridgehead atoms. The van der Waals surface area contributed by atoms with Crippen LogP contribution < -0.4 is 11.1 Å². The molecule has 0 aliphatic carbocycles. The number of ether oxygens (including phenoxy) is 2. The molecule has 15 heteroatoms. The lowest BCUT2D eigenvalue weighted by Gasteiger charge is -2.23. The van der Waals surface area contributed by atoms with Crippen LogP contribution in [0.1, 0.15) is 64.0 Å². The molecular weight excluding hydrogens is 666 g/mol. The molecule has 258 valence electrons. The van der Waals surface area contributed by atoms with Gasteiger partial charge in [-0.3, -0.25) is 19.6 Å². The number of alkyl halides is 7. The molecule has 0 N–H and O–H groups in total. The third-order valence-electron chi connectivity index (χ3n) is 7.73. The number of aryl methyl sites for hydroxylation is 2. The monoisotopic (exact) mass is 698 g/mol. The Morgan fingerprint density at radius 1 is 0.812 bits per heavy atom. The maximum Gasteiger partial charge on any atom is 0.421 e. The van der Waals surface area contributed by atoms with Crippen LogP contribution in [0.3, 0.4) is 0 Å². The molecule has 1 atom stereocenters. The van der Waals surface area contributed by atoms with Gasteiger partial charge in [-0.15, -0.1) is 11.6 Å². The van der Waals surface area contributed by atoms with Crippen molar-refractivity contribution in [3.05, 3.63) is 127 Å². The van der Waals surface area contributed by atoms with Crippen LogP contribution in [0.2, 0.25) is 0 Å². The van der Waals surface area contributed by atoms with Crippen molar-refractivity contribution in [2.24, 2.45) is 0 Å². The Labute approximate surface area is 276 Å². The predicted molar refractivity (Wildman–Crippen MR) is 165 cm³/mol. The van der Waals surface area contributed by atoms with Crippen molar-refractivity contribution in [3.8, 4) is 0 Å². The van der Waals surface area contributed by atoms with Gasteiger partial charge in [0.2, 0.25) is 0 Å². The van der Waals surface area contributed by atoms with Gasteiger partial charge in [0, 0.05) is 42.8 Å². The maximum atomic E-state index is 13.0. The van der Waals surface area contributed by atoms with E-state index in [-0.39, 0.29) is 31.9 Å². The molecule has 5 heterocycles. The molecule has 1 fully saturated rings. The summed E-state index contributed by atoms with van der Waals surface area (Å²) in [7, 11) is 0. The standard InChI is InChI=1S/C19H21F3N2O3.C14H12ClF3N2O/c1-13-7-8-23-16(14(13)12-27-17-6-2-3-10-26-17)11-24-9-4-5-15(18(24)25)19(20,21)22;1-9-4-5-19-12(10(9)7-15)8-20-6-2-3-11(13(20)21)14(16,17)18/h4-5,7-9,17H,2-3,6,10-12H2,1H3;2-6H,7-8H2,1H3. The summed E-state index contributed by atoms with van der Waals surface area (Å²) < 4.78 is 90.5. The highest BCUT2D eigenvalue weighted by Crippen LogP contribution is 2.27. The first-order valence-electron chi connectivity index (χ1n) is 14.9. The summed E-state index contributed by atoms with van der Waals surface area (Å²) in [5.74, 6) is 0.183. The van der Waals surface area contributed by atoms with Gasteiger partial charge in [-0.05, 0) is 86.2 Å². The van der Waals surface area contributed by atoms with Crippen LogP contribution in [-0.2, 0) is 47.4 Å². The fourth-order valence-corrected chi connectivity index (χ4v) is 5.40. The molecule has 5 rings (SSSR count). The Morgan fingerprint density at radius 2 is 1.31 bits per heavy atom. The van der Waals surface area contributed by atoms with Crippen molar-refractivity contribution >= 4 is 11.6 Å². The maximum absolute atomic E-state index is 13.0. The lowest BCUT2D eigenvalue weighted by molar-refractivity contribution is -0.169. The minimum Gasteiger partial charge on any atom is -0.353 e. The molecule has 48 heavy (non-hydrogen) atoms. The normalized spacial score (nSPS) is 15.1. The van der Waals surface area contributed by atoms with Gasteiger partial charge in [0.1, 0.15) is 11.1 Å². The van der Waals surface area contributed by atoms with Crippen LogP contribution in [0.25, 0.3) is 0 Å². The van der Waals surface area contributed by atoms with Crippen LogP contribution in [-0.4, -0.2) is 32.0 Å². The summed E-state index contributed by atoms with van der Waals surface area (Å²) in [6.07, 6.45) is -1.05. The lowest BCUT2D eigenvalue weighted by atomic mass is 10.1. The van der Waals surface area contributed by atoms with Crippen molar-refractivity contribution in [3.63, 3.8) is 0 Å². The van der Waals surface area contributed by atoms with E-state index >= 15 is 0 Å². The smallest absolute Gasteiger partial charge is 0.353 e. The molecule has 0 spiro atoms. The Kier molecular flexibility index (Phi) is 12.2. The van der Waals surface area contributed by atoms with E-state index < -0.39 is 34.6 Å². The molecule has 1 aliphatic heterocycles. The van der Waals surface area contributed by atoms with Crippen LogP contribution in [0.4, 0.5) is 26.3 Å². The Bertz CT molecular complexity index is 1820. The van der Waals surface area contributed by atoms with Gasteiger partial charge in [-0.1, -0.05) is 0 Å². The zero-order valence-corrected chi connectivity index (χ0v) is 26.8. The predicted octanol–water partition coefficient (Wildman–Crippen LogP) is 7.02. The first-order valence-corrected chi connectivity index (χ1v) is 15.4. The molecule has 8 nitrogen and oxygen atoms in total. The number of hydrogen-bond acceptors (Lipinski definition) is 6. The highest BCUT2D eigenvalue weighted by atomic mass is 35.5. The highest BCUT2D eigenvalue weighted by molar-refractivity contribution is 6.17. The molecular formula is C33H33ClF6N4O4. The number of nitrogens with zero attached hydrogens (tertiary/aromatic N) is 4.